The molecule has 2 heteroatoms. The summed E-state index contributed by atoms with van der Waals surface area (Å²) in [5.41, 5.74) is 4.62. The molecule has 1 N–H and O–H groups in total. The van der Waals surface area contributed by atoms with E-state index in [0.29, 0.717) is 0 Å². The largest absolute Gasteiger partial charge is 0.361 e. The van der Waals surface area contributed by atoms with Gasteiger partial charge in [-0.25, -0.2) is 0 Å². The highest BCUT2D eigenvalue weighted by atomic mass is 14.7. The predicted molar refractivity (Wildman–Crippen MR) is 69.5 cm³/mol. The van der Waals surface area contributed by atoms with Gasteiger partial charge in [-0.2, -0.15) is 0 Å². The fourth-order valence-corrected chi connectivity index (χ4v) is 1.88. The SMILES string of the molecule is c1ccc(-c2c[nH]c(-c3cccnc3)c2)cc1. The van der Waals surface area contributed by atoms with Crippen molar-refractivity contribution < 1.29 is 0 Å². The van der Waals surface area contributed by atoms with Crippen LogP contribution in [0.2, 0.25) is 0 Å². The van der Waals surface area contributed by atoms with Gasteiger partial charge in [-0.05, 0) is 29.3 Å². The van der Waals surface area contributed by atoms with Gasteiger partial charge in [0.25, 0.3) is 0 Å². The molecular weight excluding hydrogens is 208 g/mol. The molecule has 2 aromatic heterocycles. The van der Waals surface area contributed by atoms with Crippen molar-refractivity contribution in [2.45, 2.75) is 0 Å². The van der Waals surface area contributed by atoms with Crippen LogP contribution in [0.25, 0.3) is 22.4 Å². The third-order valence-corrected chi connectivity index (χ3v) is 2.76. The third-order valence-electron chi connectivity index (χ3n) is 2.76. The smallest absolute Gasteiger partial charge is 0.0475 e. The fraction of sp³-hybridized carbons (Fsp3) is 0. The molecule has 0 aliphatic rings. The summed E-state index contributed by atoms with van der Waals surface area (Å²) >= 11 is 0. The van der Waals surface area contributed by atoms with E-state index in [1.165, 1.54) is 11.1 Å². The van der Waals surface area contributed by atoms with Crippen molar-refractivity contribution in [3.8, 4) is 22.4 Å². The van der Waals surface area contributed by atoms with Crippen molar-refractivity contribution in [2.75, 3.05) is 0 Å². The number of benzene rings is 1. The van der Waals surface area contributed by atoms with Crippen LogP contribution < -0.4 is 0 Å². The molecule has 17 heavy (non-hydrogen) atoms. The number of hydrogen-bond donors (Lipinski definition) is 1. The number of hydrogen-bond acceptors (Lipinski definition) is 1. The number of nitrogens with one attached hydrogen (secondary N) is 1. The van der Waals surface area contributed by atoms with Crippen LogP contribution in [0.15, 0.2) is 67.1 Å². The van der Waals surface area contributed by atoms with Crippen molar-refractivity contribution >= 4 is 0 Å². The first kappa shape index (κ1) is 9.85. The van der Waals surface area contributed by atoms with Gasteiger partial charge in [0.1, 0.15) is 0 Å². The number of H-pyrrole nitrogens is 1. The average molecular weight is 220 g/mol. The van der Waals surface area contributed by atoms with Crippen molar-refractivity contribution in [1.82, 2.24) is 9.97 Å². The van der Waals surface area contributed by atoms with Crippen molar-refractivity contribution in [3.63, 3.8) is 0 Å². The number of nitrogens with zero attached hydrogens (tertiary/aromatic N) is 1. The minimum absolute atomic E-state index is 1.09. The van der Waals surface area contributed by atoms with Crippen molar-refractivity contribution in [2.24, 2.45) is 0 Å². The quantitative estimate of drug-likeness (QED) is 0.700. The van der Waals surface area contributed by atoms with Crippen LogP contribution in [-0.4, -0.2) is 9.97 Å². The lowest BCUT2D eigenvalue weighted by Crippen LogP contribution is -1.77. The molecule has 82 valence electrons. The van der Waals surface area contributed by atoms with E-state index in [4.69, 9.17) is 0 Å². The summed E-state index contributed by atoms with van der Waals surface area (Å²) < 4.78 is 0. The van der Waals surface area contributed by atoms with Crippen LogP contribution in [0.1, 0.15) is 0 Å². The number of pyridine rings is 1. The van der Waals surface area contributed by atoms with Gasteiger partial charge < -0.3 is 4.98 Å². The molecule has 0 aliphatic heterocycles. The van der Waals surface area contributed by atoms with Crippen molar-refractivity contribution in [1.29, 1.82) is 0 Å². The third kappa shape index (κ3) is 1.97. The van der Waals surface area contributed by atoms with E-state index >= 15 is 0 Å². The Labute approximate surface area is 100.0 Å². The zero-order valence-electron chi connectivity index (χ0n) is 9.30. The Bertz CT molecular complexity index is 543. The highest BCUT2D eigenvalue weighted by Gasteiger charge is 2.03. The second-order valence-corrected chi connectivity index (χ2v) is 3.91. The Balaban J connectivity index is 1.99. The molecule has 0 bridgehead atoms. The molecule has 0 radical (unpaired) electrons. The first-order valence-corrected chi connectivity index (χ1v) is 5.58. The maximum atomic E-state index is 4.12. The summed E-state index contributed by atoms with van der Waals surface area (Å²) in [4.78, 5) is 7.40. The van der Waals surface area contributed by atoms with Crippen LogP contribution in [0.4, 0.5) is 0 Å². The topological polar surface area (TPSA) is 28.7 Å². The van der Waals surface area contributed by atoms with E-state index in [1.54, 1.807) is 6.20 Å². The van der Waals surface area contributed by atoms with Crippen LogP contribution in [-0.2, 0) is 0 Å². The van der Waals surface area contributed by atoms with Gasteiger partial charge in [-0.15, -0.1) is 0 Å². The molecule has 0 saturated carbocycles. The Kier molecular flexibility index (Phi) is 2.47. The zero-order chi connectivity index (χ0) is 11.5. The van der Waals surface area contributed by atoms with Gasteiger partial charge in [0.05, 0.1) is 0 Å². The summed E-state index contributed by atoms with van der Waals surface area (Å²) in [6, 6.07) is 16.5. The van der Waals surface area contributed by atoms with Gasteiger partial charge in [-0.1, -0.05) is 30.3 Å². The molecule has 0 spiro atoms. The average Bonchev–Trinajstić information content (AvgIpc) is 2.90. The van der Waals surface area contributed by atoms with E-state index in [1.807, 2.05) is 42.7 Å². The van der Waals surface area contributed by atoms with Crippen LogP contribution >= 0.6 is 0 Å². The van der Waals surface area contributed by atoms with Crippen LogP contribution in [0.5, 0.6) is 0 Å². The molecule has 0 unspecified atom stereocenters. The predicted octanol–water partition coefficient (Wildman–Crippen LogP) is 3.74. The molecule has 0 fully saturated rings. The monoisotopic (exact) mass is 220 g/mol. The molecule has 0 aliphatic carbocycles. The second-order valence-electron chi connectivity index (χ2n) is 3.91. The lowest BCUT2D eigenvalue weighted by Gasteiger charge is -1.96. The maximum Gasteiger partial charge on any atom is 0.0475 e. The van der Waals surface area contributed by atoms with E-state index < -0.39 is 0 Å². The van der Waals surface area contributed by atoms with E-state index in [0.717, 1.165) is 11.3 Å². The molecule has 3 aromatic rings. The van der Waals surface area contributed by atoms with Crippen LogP contribution in [0.3, 0.4) is 0 Å². The molecular formula is C15H12N2. The van der Waals surface area contributed by atoms with E-state index in [9.17, 15) is 0 Å². The summed E-state index contributed by atoms with van der Waals surface area (Å²) in [5.74, 6) is 0. The minimum Gasteiger partial charge on any atom is -0.361 e. The van der Waals surface area contributed by atoms with Gasteiger partial charge in [0.15, 0.2) is 0 Å². The van der Waals surface area contributed by atoms with Gasteiger partial charge in [0, 0.05) is 29.8 Å². The maximum absolute atomic E-state index is 4.12. The fourth-order valence-electron chi connectivity index (χ4n) is 1.88. The first-order chi connectivity index (χ1) is 8.43. The molecule has 2 nitrogen and oxygen atoms in total. The Hall–Kier alpha value is -2.35. The molecule has 0 amide bonds. The van der Waals surface area contributed by atoms with Gasteiger partial charge >= 0.3 is 0 Å². The number of rotatable bonds is 2. The molecule has 3 rings (SSSR count). The Morgan fingerprint density at radius 1 is 0.824 bits per heavy atom. The highest BCUT2D eigenvalue weighted by molar-refractivity contribution is 5.70. The number of aromatic amines is 1. The van der Waals surface area contributed by atoms with Gasteiger partial charge in [0.2, 0.25) is 0 Å². The highest BCUT2D eigenvalue weighted by Crippen LogP contribution is 2.24. The summed E-state index contributed by atoms with van der Waals surface area (Å²) in [7, 11) is 0. The lowest BCUT2D eigenvalue weighted by molar-refractivity contribution is 1.31. The summed E-state index contributed by atoms with van der Waals surface area (Å²) in [6.45, 7) is 0. The van der Waals surface area contributed by atoms with Crippen molar-refractivity contribution in [3.05, 3.63) is 67.1 Å². The number of aromatic nitrogens is 2. The molecule has 0 saturated heterocycles. The standard InChI is InChI=1S/C15H12N2/c1-2-5-12(6-3-1)14-9-15(17-11-14)13-7-4-8-16-10-13/h1-11,17H. The zero-order valence-corrected chi connectivity index (χ0v) is 9.30. The summed E-state index contributed by atoms with van der Waals surface area (Å²) in [6.07, 6.45) is 5.67. The second kappa shape index (κ2) is 4.26. The Morgan fingerprint density at radius 3 is 2.41 bits per heavy atom. The van der Waals surface area contributed by atoms with Crippen LogP contribution in [0, 0.1) is 0 Å². The Morgan fingerprint density at radius 2 is 1.65 bits per heavy atom. The van der Waals surface area contributed by atoms with Gasteiger partial charge in [-0.3, -0.25) is 4.98 Å². The minimum atomic E-state index is 1.09. The molecule has 2 heterocycles. The molecule has 0 atom stereocenters. The lowest BCUT2D eigenvalue weighted by atomic mass is 10.1. The normalized spacial score (nSPS) is 10.4. The van der Waals surface area contributed by atoms with E-state index in [-0.39, 0.29) is 0 Å². The van der Waals surface area contributed by atoms with E-state index in [2.05, 4.69) is 28.2 Å². The molecule has 1 aromatic carbocycles. The summed E-state index contributed by atoms with van der Waals surface area (Å²) in [5, 5.41) is 0. The first-order valence-electron chi connectivity index (χ1n) is 5.58.